The summed E-state index contributed by atoms with van der Waals surface area (Å²) in [4.78, 5) is 0. The molecule has 1 unspecified atom stereocenters. The Morgan fingerprint density at radius 1 is 1.27 bits per heavy atom. The zero-order valence-corrected chi connectivity index (χ0v) is 10.7. The quantitative estimate of drug-likeness (QED) is 0.542. The van der Waals surface area contributed by atoms with Gasteiger partial charge in [0, 0.05) is 38.5 Å². The zero-order chi connectivity index (χ0) is 7.56. The first kappa shape index (κ1) is 11.6. The molecule has 0 fully saturated rings. The van der Waals surface area contributed by atoms with Crippen molar-refractivity contribution in [3.63, 3.8) is 0 Å². The van der Waals surface area contributed by atoms with Gasteiger partial charge in [-0.1, -0.05) is 13.8 Å². The van der Waals surface area contributed by atoms with Crippen LogP contribution in [-0.4, -0.2) is 0 Å². The van der Waals surface area contributed by atoms with E-state index in [1.165, 1.54) is 0 Å². The predicted molar refractivity (Wildman–Crippen MR) is 45.1 cm³/mol. The largest absolute Gasteiger partial charge is 0.506 e. The molecule has 0 aliphatic carbocycles. The molecule has 1 radical (unpaired) electrons. The first-order chi connectivity index (χ1) is 4.72. The van der Waals surface area contributed by atoms with Crippen molar-refractivity contribution >= 4 is 9.47 Å². The molecule has 0 heterocycles. The third-order valence-corrected chi connectivity index (χ3v) is 1.52. The predicted octanol–water partition coefficient (Wildman–Crippen LogP) is 2.27. The molecule has 3 heteroatoms. The van der Waals surface area contributed by atoms with Gasteiger partial charge in [0.2, 0.25) is 0 Å². The van der Waals surface area contributed by atoms with E-state index in [0.717, 1.165) is 16.9 Å². The molecule has 0 aliphatic rings. The minimum absolute atomic E-state index is 0. The van der Waals surface area contributed by atoms with Gasteiger partial charge in [0.25, 0.3) is 0 Å². The van der Waals surface area contributed by atoms with Crippen molar-refractivity contribution in [1.82, 2.24) is 0 Å². The van der Waals surface area contributed by atoms with E-state index in [0.29, 0.717) is 0 Å². The van der Waals surface area contributed by atoms with Crippen molar-refractivity contribution in [2.75, 3.05) is 0 Å². The fraction of sp³-hybridized carbons (Fsp3) is 0.250. The summed E-state index contributed by atoms with van der Waals surface area (Å²) >= 11 is 0. The average Bonchev–Trinajstić information content (AvgIpc) is 1.85. The number of hydrogen-bond acceptors (Lipinski definition) is 1. The first-order valence-electron chi connectivity index (χ1n) is 3.09. The molecule has 57 valence electrons. The molecule has 0 saturated carbocycles. The monoisotopic (exact) mass is 242 g/mol. The molecule has 0 saturated heterocycles. The molecule has 1 atom stereocenters. The Morgan fingerprint density at radius 3 is 2.09 bits per heavy atom. The van der Waals surface area contributed by atoms with E-state index in [-0.39, 0.29) is 32.7 Å². The number of rotatable bonds is 1. The van der Waals surface area contributed by atoms with E-state index in [1.54, 1.807) is 0 Å². The molecule has 0 N–H and O–H groups in total. The Labute approximate surface area is 95.1 Å². The Morgan fingerprint density at radius 2 is 1.73 bits per heavy atom. The second-order valence-electron chi connectivity index (χ2n) is 2.30. The van der Waals surface area contributed by atoms with Gasteiger partial charge in [-0.25, -0.2) is 0 Å². The van der Waals surface area contributed by atoms with Gasteiger partial charge in [-0.15, -0.1) is 12.1 Å². The van der Waals surface area contributed by atoms with Crippen LogP contribution in [0.5, 0.6) is 5.75 Å². The summed E-state index contributed by atoms with van der Waals surface area (Å²) in [5, 5.41) is 0. The van der Waals surface area contributed by atoms with Crippen LogP contribution in [0.15, 0.2) is 12.1 Å². The van der Waals surface area contributed by atoms with Crippen LogP contribution in [0.25, 0.3) is 0 Å². The summed E-state index contributed by atoms with van der Waals surface area (Å²) in [7, 11) is 2.22. The summed E-state index contributed by atoms with van der Waals surface area (Å²) in [6.07, 6.45) is 0. The standard InChI is InChI=1S/C8H10OP.Y/c1-6-3-7(2)5-8(4-6)9-10;/h4-5H,10H2,1-2H3;/q-1;. The molecule has 1 rings (SSSR count). The second-order valence-corrected chi connectivity index (χ2v) is 2.54. The van der Waals surface area contributed by atoms with Gasteiger partial charge in [-0.2, -0.15) is 17.2 Å². The molecular formula is C8H10OPY-. The van der Waals surface area contributed by atoms with E-state index < -0.39 is 0 Å². The molecule has 11 heavy (non-hydrogen) atoms. The minimum Gasteiger partial charge on any atom is -0.506 e. The number of aryl methyl sites for hydroxylation is 2. The van der Waals surface area contributed by atoms with Crippen LogP contribution in [0, 0.1) is 19.9 Å². The molecule has 0 amide bonds. The van der Waals surface area contributed by atoms with Gasteiger partial charge in [-0.3, -0.25) is 0 Å². The van der Waals surface area contributed by atoms with Crippen LogP contribution < -0.4 is 4.52 Å². The van der Waals surface area contributed by atoms with E-state index in [9.17, 15) is 0 Å². The van der Waals surface area contributed by atoms with E-state index in [2.05, 4.69) is 15.5 Å². The smallest absolute Gasteiger partial charge is 0.0555 e. The molecule has 0 aromatic heterocycles. The maximum Gasteiger partial charge on any atom is 0.0555 e. The molecule has 0 aliphatic heterocycles. The number of hydrogen-bond donors (Lipinski definition) is 0. The minimum atomic E-state index is 0. The molecule has 0 bridgehead atoms. The van der Waals surface area contributed by atoms with Crippen LogP contribution in [0.3, 0.4) is 0 Å². The third-order valence-electron chi connectivity index (χ3n) is 1.25. The van der Waals surface area contributed by atoms with Gasteiger partial charge < -0.3 is 4.52 Å². The Kier molecular flexibility index (Phi) is 5.51. The van der Waals surface area contributed by atoms with Gasteiger partial charge in [0.15, 0.2) is 0 Å². The van der Waals surface area contributed by atoms with Crippen LogP contribution >= 0.6 is 9.47 Å². The summed E-state index contributed by atoms with van der Waals surface area (Å²) in [6.45, 7) is 4.00. The molecular weight excluding hydrogens is 232 g/mol. The van der Waals surface area contributed by atoms with Crippen molar-refractivity contribution in [3.8, 4) is 5.75 Å². The molecule has 0 spiro atoms. The Bertz CT molecular complexity index is 217. The fourth-order valence-electron chi connectivity index (χ4n) is 0.920. The summed E-state index contributed by atoms with van der Waals surface area (Å²) in [6, 6.07) is 7.04. The summed E-state index contributed by atoms with van der Waals surface area (Å²) in [5.74, 6) is 0.874. The molecule has 1 nitrogen and oxygen atoms in total. The van der Waals surface area contributed by atoms with E-state index in [4.69, 9.17) is 4.52 Å². The number of benzene rings is 1. The van der Waals surface area contributed by atoms with Gasteiger partial charge >= 0.3 is 0 Å². The maximum absolute atomic E-state index is 4.97. The SMILES string of the molecule is Cc1[c-]c(C)cc(OP)c1.[Y]. The topological polar surface area (TPSA) is 9.23 Å². The maximum atomic E-state index is 4.97. The third kappa shape index (κ3) is 3.65. The Hall–Kier alpha value is 0.554. The van der Waals surface area contributed by atoms with Crippen molar-refractivity contribution in [2.24, 2.45) is 0 Å². The molecule has 1 aromatic rings. The van der Waals surface area contributed by atoms with Crippen LogP contribution in [0.2, 0.25) is 0 Å². The zero-order valence-electron chi connectivity index (χ0n) is 6.72. The van der Waals surface area contributed by atoms with Crippen LogP contribution in [0.4, 0.5) is 0 Å². The Balaban J connectivity index is 0.000001000. The normalized spacial score (nSPS) is 8.64. The van der Waals surface area contributed by atoms with Crippen molar-refractivity contribution < 1.29 is 37.2 Å². The van der Waals surface area contributed by atoms with Crippen molar-refractivity contribution in [3.05, 3.63) is 29.3 Å². The van der Waals surface area contributed by atoms with Gasteiger partial charge in [0.1, 0.15) is 0 Å². The van der Waals surface area contributed by atoms with Gasteiger partial charge in [-0.05, 0) is 0 Å². The summed E-state index contributed by atoms with van der Waals surface area (Å²) < 4.78 is 4.97. The fourth-order valence-corrected chi connectivity index (χ4v) is 1.06. The average molecular weight is 242 g/mol. The van der Waals surface area contributed by atoms with Crippen LogP contribution in [0.1, 0.15) is 11.1 Å². The van der Waals surface area contributed by atoms with Gasteiger partial charge in [0.05, 0.1) is 9.47 Å². The van der Waals surface area contributed by atoms with Crippen molar-refractivity contribution in [2.45, 2.75) is 13.8 Å². The first-order valence-corrected chi connectivity index (χ1v) is 3.57. The van der Waals surface area contributed by atoms with E-state index in [1.807, 2.05) is 26.0 Å². The summed E-state index contributed by atoms with van der Waals surface area (Å²) in [5.41, 5.74) is 2.22. The second kappa shape index (κ2) is 5.24. The van der Waals surface area contributed by atoms with Crippen LogP contribution in [-0.2, 0) is 32.7 Å². The van der Waals surface area contributed by atoms with E-state index >= 15 is 0 Å². The van der Waals surface area contributed by atoms with Crippen molar-refractivity contribution in [1.29, 1.82) is 0 Å². The molecule has 1 aromatic carbocycles.